The predicted octanol–water partition coefficient (Wildman–Crippen LogP) is 3.01. The van der Waals surface area contributed by atoms with Gasteiger partial charge in [-0.25, -0.2) is 9.37 Å². The van der Waals surface area contributed by atoms with Gasteiger partial charge in [0, 0.05) is 43.2 Å². The summed E-state index contributed by atoms with van der Waals surface area (Å²) in [5.74, 6) is 0.0603. The average Bonchev–Trinajstić information content (AvgIpc) is 3.03. The van der Waals surface area contributed by atoms with E-state index < -0.39 is 10.7 Å². The molecule has 23 heavy (non-hydrogen) atoms. The molecule has 2 atom stereocenters. The number of aromatic nitrogens is 2. The lowest BCUT2D eigenvalue weighted by molar-refractivity contribution is -0.385. The van der Waals surface area contributed by atoms with Crippen LogP contribution >= 0.6 is 0 Å². The van der Waals surface area contributed by atoms with Gasteiger partial charge in [0.1, 0.15) is 5.82 Å². The fourth-order valence-corrected chi connectivity index (χ4v) is 3.21. The molecule has 122 valence electrons. The van der Waals surface area contributed by atoms with Crippen molar-refractivity contribution in [3.8, 4) is 0 Å². The molecule has 0 saturated carbocycles. The molecule has 2 unspecified atom stereocenters. The highest BCUT2D eigenvalue weighted by Gasteiger charge is 2.28. The first-order valence-corrected chi connectivity index (χ1v) is 7.67. The Morgan fingerprint density at radius 3 is 3.00 bits per heavy atom. The van der Waals surface area contributed by atoms with Gasteiger partial charge in [0.25, 0.3) is 5.69 Å². The Kier molecular flexibility index (Phi) is 4.38. The van der Waals surface area contributed by atoms with E-state index in [1.54, 1.807) is 12.5 Å². The van der Waals surface area contributed by atoms with Crippen molar-refractivity contribution in [2.45, 2.75) is 25.9 Å². The lowest BCUT2D eigenvalue weighted by atomic mass is 9.93. The second-order valence-corrected chi connectivity index (χ2v) is 6.11. The minimum absolute atomic E-state index is 0.0239. The monoisotopic (exact) mass is 318 g/mol. The second-order valence-electron chi connectivity index (χ2n) is 6.11. The van der Waals surface area contributed by atoms with E-state index in [9.17, 15) is 14.5 Å². The molecule has 0 radical (unpaired) electrons. The summed E-state index contributed by atoms with van der Waals surface area (Å²) in [7, 11) is 0. The van der Waals surface area contributed by atoms with Crippen molar-refractivity contribution in [2.24, 2.45) is 5.92 Å². The molecule has 7 heteroatoms. The molecule has 2 aromatic rings. The Bertz CT molecular complexity index is 689. The Hall–Kier alpha value is -2.28. The zero-order chi connectivity index (χ0) is 16.4. The molecule has 0 N–H and O–H groups in total. The van der Waals surface area contributed by atoms with Gasteiger partial charge in [-0.1, -0.05) is 6.92 Å². The summed E-state index contributed by atoms with van der Waals surface area (Å²) >= 11 is 0. The van der Waals surface area contributed by atoms with Crippen molar-refractivity contribution in [3.63, 3.8) is 0 Å². The molecule has 6 nitrogen and oxygen atoms in total. The Labute approximate surface area is 133 Å². The molecule has 3 rings (SSSR count). The lowest BCUT2D eigenvalue weighted by Gasteiger charge is -2.37. The first-order chi connectivity index (χ1) is 11.0. The van der Waals surface area contributed by atoms with Crippen LogP contribution in [0.4, 0.5) is 10.1 Å². The van der Waals surface area contributed by atoms with E-state index in [2.05, 4.69) is 21.4 Å². The summed E-state index contributed by atoms with van der Waals surface area (Å²) in [6, 6.07) is 3.92. The summed E-state index contributed by atoms with van der Waals surface area (Å²) in [6.45, 7) is 4.20. The van der Waals surface area contributed by atoms with Gasteiger partial charge >= 0.3 is 0 Å². The highest BCUT2D eigenvalue weighted by atomic mass is 19.1. The highest BCUT2D eigenvalue weighted by molar-refractivity contribution is 5.40. The van der Waals surface area contributed by atoms with E-state index in [4.69, 9.17) is 0 Å². The molecule has 1 fully saturated rings. The van der Waals surface area contributed by atoms with Crippen LogP contribution in [-0.2, 0) is 6.54 Å². The topological polar surface area (TPSA) is 64.2 Å². The third-order valence-electron chi connectivity index (χ3n) is 4.54. The number of likely N-dealkylation sites (tertiary alicyclic amines) is 1. The van der Waals surface area contributed by atoms with Crippen LogP contribution in [0.15, 0.2) is 36.9 Å². The number of halogens is 1. The van der Waals surface area contributed by atoms with Crippen LogP contribution in [0, 0.1) is 21.8 Å². The van der Waals surface area contributed by atoms with Gasteiger partial charge in [0.2, 0.25) is 0 Å². The lowest BCUT2D eigenvalue weighted by Crippen LogP contribution is -2.40. The maximum Gasteiger partial charge on any atom is 0.274 e. The minimum atomic E-state index is -0.450. The molecule has 0 bridgehead atoms. The van der Waals surface area contributed by atoms with Crippen molar-refractivity contribution in [3.05, 3.63) is 58.4 Å². The predicted molar refractivity (Wildman–Crippen MR) is 83.4 cm³/mol. The van der Waals surface area contributed by atoms with Gasteiger partial charge in [-0.2, -0.15) is 0 Å². The van der Waals surface area contributed by atoms with Crippen LogP contribution in [0.25, 0.3) is 0 Å². The molecule has 1 aliphatic rings. The van der Waals surface area contributed by atoms with Crippen LogP contribution in [-0.4, -0.2) is 32.5 Å². The summed E-state index contributed by atoms with van der Waals surface area (Å²) < 4.78 is 15.6. The molecule has 1 aromatic heterocycles. The molecule has 1 saturated heterocycles. The van der Waals surface area contributed by atoms with E-state index in [1.165, 1.54) is 12.1 Å². The fraction of sp³-hybridized carbons (Fsp3) is 0.438. The molecule has 0 amide bonds. The molecule has 2 heterocycles. The van der Waals surface area contributed by atoms with E-state index in [0.29, 0.717) is 18.0 Å². The SMILES string of the molecule is CC1CCN(Cc2cc(F)ccc2[N+](=O)[O-])CC1n1ccnc1. The van der Waals surface area contributed by atoms with Gasteiger partial charge in [-0.05, 0) is 31.0 Å². The quantitative estimate of drug-likeness (QED) is 0.642. The second kappa shape index (κ2) is 6.45. The first kappa shape index (κ1) is 15.6. The van der Waals surface area contributed by atoms with E-state index >= 15 is 0 Å². The van der Waals surface area contributed by atoms with E-state index in [-0.39, 0.29) is 11.7 Å². The number of nitrogens with zero attached hydrogens (tertiary/aromatic N) is 4. The fourth-order valence-electron chi connectivity index (χ4n) is 3.21. The van der Waals surface area contributed by atoms with Gasteiger partial charge in [-0.3, -0.25) is 15.0 Å². The highest BCUT2D eigenvalue weighted by Crippen LogP contribution is 2.30. The summed E-state index contributed by atoms with van der Waals surface area (Å²) in [6.07, 6.45) is 6.49. The smallest absolute Gasteiger partial charge is 0.274 e. The number of nitro groups is 1. The molecular weight excluding hydrogens is 299 g/mol. The molecule has 0 aliphatic carbocycles. The van der Waals surface area contributed by atoms with Crippen molar-refractivity contribution in [1.82, 2.24) is 14.5 Å². The van der Waals surface area contributed by atoms with Gasteiger partial charge in [0.05, 0.1) is 11.3 Å². The van der Waals surface area contributed by atoms with Crippen LogP contribution < -0.4 is 0 Å². The third-order valence-corrected chi connectivity index (χ3v) is 4.54. The molecule has 0 spiro atoms. The van der Waals surface area contributed by atoms with Gasteiger partial charge in [-0.15, -0.1) is 0 Å². The van der Waals surface area contributed by atoms with E-state index in [0.717, 1.165) is 25.6 Å². The minimum Gasteiger partial charge on any atom is -0.333 e. The Morgan fingerprint density at radius 1 is 1.48 bits per heavy atom. The zero-order valence-electron chi connectivity index (χ0n) is 12.9. The Morgan fingerprint density at radius 2 is 2.30 bits per heavy atom. The summed E-state index contributed by atoms with van der Waals surface area (Å²) in [5, 5.41) is 11.1. The largest absolute Gasteiger partial charge is 0.333 e. The molecule has 1 aliphatic heterocycles. The average molecular weight is 318 g/mol. The van der Waals surface area contributed by atoms with Crippen molar-refractivity contribution < 1.29 is 9.31 Å². The number of nitro benzene ring substituents is 1. The van der Waals surface area contributed by atoms with Gasteiger partial charge < -0.3 is 4.57 Å². The standard InChI is InChI=1S/C16H19FN4O2/c1-12-4-6-19(10-16(12)20-7-5-18-11-20)9-13-8-14(17)2-3-15(13)21(22)23/h2-3,5,7-8,11-12,16H,4,6,9-10H2,1H3. The summed E-state index contributed by atoms with van der Waals surface area (Å²) in [4.78, 5) is 16.9. The zero-order valence-corrected chi connectivity index (χ0v) is 12.9. The normalized spacial score (nSPS) is 22.2. The maximum absolute atomic E-state index is 13.5. The number of benzene rings is 1. The van der Waals surface area contributed by atoms with Crippen LogP contribution in [0.3, 0.4) is 0 Å². The number of piperidine rings is 1. The maximum atomic E-state index is 13.5. The van der Waals surface area contributed by atoms with Crippen LogP contribution in [0.5, 0.6) is 0 Å². The molecular formula is C16H19FN4O2. The van der Waals surface area contributed by atoms with Crippen LogP contribution in [0.1, 0.15) is 24.9 Å². The summed E-state index contributed by atoms with van der Waals surface area (Å²) in [5.41, 5.74) is 0.401. The van der Waals surface area contributed by atoms with Crippen LogP contribution in [0.2, 0.25) is 0 Å². The van der Waals surface area contributed by atoms with E-state index in [1.807, 2.05) is 6.20 Å². The third kappa shape index (κ3) is 3.39. The number of hydrogen-bond acceptors (Lipinski definition) is 4. The molecule has 1 aromatic carbocycles. The number of imidazole rings is 1. The van der Waals surface area contributed by atoms with Crippen molar-refractivity contribution in [1.29, 1.82) is 0 Å². The number of rotatable bonds is 4. The van der Waals surface area contributed by atoms with Crippen molar-refractivity contribution in [2.75, 3.05) is 13.1 Å². The Balaban J connectivity index is 1.78. The first-order valence-electron chi connectivity index (χ1n) is 7.67. The number of hydrogen-bond donors (Lipinski definition) is 0. The van der Waals surface area contributed by atoms with Gasteiger partial charge in [0.15, 0.2) is 0 Å². The van der Waals surface area contributed by atoms with Crippen molar-refractivity contribution >= 4 is 5.69 Å².